The predicted molar refractivity (Wildman–Crippen MR) is 107 cm³/mol. The Hall–Kier alpha value is -1.92. The molecule has 1 saturated heterocycles. The van der Waals surface area contributed by atoms with Gasteiger partial charge in [0.1, 0.15) is 0 Å². The zero-order chi connectivity index (χ0) is 18.0. The van der Waals surface area contributed by atoms with Crippen LogP contribution in [0.5, 0.6) is 0 Å². The van der Waals surface area contributed by atoms with E-state index in [1.165, 1.54) is 0 Å². The normalized spacial score (nSPS) is 15.9. The van der Waals surface area contributed by atoms with Gasteiger partial charge in [-0.1, -0.05) is 53.2 Å². The maximum Gasteiger partial charge on any atom is 0.237 e. The summed E-state index contributed by atoms with van der Waals surface area (Å²) in [5.74, 6) is 1.19. The van der Waals surface area contributed by atoms with E-state index < -0.39 is 0 Å². The minimum Gasteiger partial charge on any atom is -0.381 e. The monoisotopic (exact) mass is 405 g/mol. The van der Waals surface area contributed by atoms with Crippen molar-refractivity contribution < 1.29 is 9.26 Å². The van der Waals surface area contributed by atoms with Crippen LogP contribution >= 0.6 is 24.0 Å². The summed E-state index contributed by atoms with van der Waals surface area (Å²) < 4.78 is 11.3. The molecule has 0 bridgehead atoms. The van der Waals surface area contributed by atoms with Crippen molar-refractivity contribution in [2.45, 2.75) is 24.8 Å². The Morgan fingerprint density at radius 2 is 1.81 bits per heavy atom. The van der Waals surface area contributed by atoms with Crippen LogP contribution in [-0.4, -0.2) is 23.4 Å². The third-order valence-corrected chi connectivity index (χ3v) is 5.24. The first kappa shape index (κ1) is 19.8. The number of nitrogens with two attached hydrogens (primary N) is 1. The van der Waals surface area contributed by atoms with Crippen LogP contribution in [0.15, 0.2) is 53.1 Å². The van der Waals surface area contributed by atoms with Gasteiger partial charge in [0.15, 0.2) is 0 Å². The molecule has 0 aliphatic carbocycles. The average molecular weight is 406 g/mol. The fraction of sp³-hybridized carbons (Fsp3) is 0.300. The smallest absolute Gasteiger partial charge is 0.237 e. The van der Waals surface area contributed by atoms with E-state index in [9.17, 15) is 0 Å². The highest BCUT2D eigenvalue weighted by Gasteiger charge is 2.41. The summed E-state index contributed by atoms with van der Waals surface area (Å²) in [7, 11) is 0. The quantitative estimate of drug-likeness (QED) is 0.697. The molecule has 1 fully saturated rings. The van der Waals surface area contributed by atoms with E-state index in [1.807, 2.05) is 42.5 Å². The van der Waals surface area contributed by atoms with Crippen molar-refractivity contribution in [1.82, 2.24) is 10.1 Å². The maximum absolute atomic E-state index is 6.24. The molecule has 0 radical (unpaired) electrons. The van der Waals surface area contributed by atoms with E-state index in [0.717, 1.165) is 29.5 Å². The summed E-state index contributed by atoms with van der Waals surface area (Å²) in [4.78, 5) is 4.73. The molecule has 0 unspecified atom stereocenters. The number of benzene rings is 2. The second-order valence-corrected chi connectivity index (χ2v) is 6.97. The summed E-state index contributed by atoms with van der Waals surface area (Å²) >= 11 is 6.24. The van der Waals surface area contributed by atoms with Crippen LogP contribution in [0.2, 0.25) is 5.02 Å². The van der Waals surface area contributed by atoms with Gasteiger partial charge in [-0.05, 0) is 36.1 Å². The highest BCUT2D eigenvalue weighted by molar-refractivity contribution is 6.30. The van der Waals surface area contributed by atoms with Crippen molar-refractivity contribution in [3.8, 4) is 11.4 Å². The number of halogens is 2. The molecule has 2 aromatic carbocycles. The molecule has 2 N–H and O–H groups in total. The van der Waals surface area contributed by atoms with Gasteiger partial charge < -0.3 is 15.0 Å². The van der Waals surface area contributed by atoms with Gasteiger partial charge in [0.05, 0.1) is 5.41 Å². The van der Waals surface area contributed by atoms with Crippen molar-refractivity contribution >= 4 is 24.0 Å². The van der Waals surface area contributed by atoms with Gasteiger partial charge in [0, 0.05) is 30.3 Å². The number of hydrogen-bond donors (Lipinski definition) is 1. The van der Waals surface area contributed by atoms with Gasteiger partial charge in [0.25, 0.3) is 0 Å². The fourth-order valence-corrected chi connectivity index (χ4v) is 3.65. The molecule has 27 heavy (non-hydrogen) atoms. The lowest BCUT2D eigenvalue weighted by Gasteiger charge is -2.34. The molecule has 0 atom stereocenters. The molecule has 1 aromatic heterocycles. The summed E-state index contributed by atoms with van der Waals surface area (Å²) in [5, 5.41) is 4.92. The number of rotatable bonds is 4. The van der Waals surface area contributed by atoms with Crippen molar-refractivity contribution in [3.63, 3.8) is 0 Å². The van der Waals surface area contributed by atoms with Crippen LogP contribution in [0.3, 0.4) is 0 Å². The molecule has 4 rings (SSSR count). The molecule has 0 spiro atoms. The SMILES string of the molecule is Cl.NCc1ccc(-c2noc(C3(c4cccc(Cl)c4)CCOCC3)n2)cc1. The first-order chi connectivity index (χ1) is 12.7. The average Bonchev–Trinajstić information content (AvgIpc) is 3.19. The molecular formula is C20H21Cl2N3O2. The molecular weight excluding hydrogens is 385 g/mol. The topological polar surface area (TPSA) is 74.2 Å². The lowest BCUT2D eigenvalue weighted by molar-refractivity contribution is 0.0523. The third-order valence-electron chi connectivity index (χ3n) is 5.01. The van der Waals surface area contributed by atoms with Crippen molar-refractivity contribution in [3.05, 3.63) is 70.6 Å². The van der Waals surface area contributed by atoms with Crippen LogP contribution < -0.4 is 5.73 Å². The Morgan fingerprint density at radius 3 is 2.48 bits per heavy atom. The highest BCUT2D eigenvalue weighted by atomic mass is 35.5. The zero-order valence-corrected chi connectivity index (χ0v) is 16.3. The minimum atomic E-state index is -0.369. The Labute approximate surface area is 169 Å². The van der Waals surface area contributed by atoms with Gasteiger partial charge in [-0.15, -0.1) is 12.4 Å². The van der Waals surface area contributed by atoms with Crippen molar-refractivity contribution in [2.24, 2.45) is 5.73 Å². The Balaban J connectivity index is 0.00000210. The predicted octanol–water partition coefficient (Wildman–Crippen LogP) is 4.37. The number of hydrogen-bond acceptors (Lipinski definition) is 5. The largest absolute Gasteiger partial charge is 0.381 e. The molecule has 7 heteroatoms. The Bertz CT molecular complexity index is 890. The fourth-order valence-electron chi connectivity index (χ4n) is 3.46. The maximum atomic E-state index is 6.24. The molecule has 5 nitrogen and oxygen atoms in total. The highest BCUT2D eigenvalue weighted by Crippen LogP contribution is 2.41. The second-order valence-electron chi connectivity index (χ2n) is 6.53. The molecule has 2 heterocycles. The van der Waals surface area contributed by atoms with Crippen LogP contribution in [0.1, 0.15) is 29.9 Å². The van der Waals surface area contributed by atoms with Crippen LogP contribution in [0, 0.1) is 0 Å². The standard InChI is InChI=1S/C20H20ClN3O2.ClH/c21-17-3-1-2-16(12-17)20(8-10-25-11-9-20)19-23-18(24-26-19)15-6-4-14(13-22)5-7-15;/h1-7,12H,8-11,13,22H2;1H. The van der Waals surface area contributed by atoms with E-state index in [1.54, 1.807) is 0 Å². The van der Waals surface area contributed by atoms with E-state index in [2.05, 4.69) is 11.2 Å². The van der Waals surface area contributed by atoms with Gasteiger partial charge >= 0.3 is 0 Å². The molecule has 0 saturated carbocycles. The molecule has 3 aromatic rings. The van der Waals surface area contributed by atoms with E-state index in [0.29, 0.717) is 36.5 Å². The molecule has 1 aliphatic rings. The lowest BCUT2D eigenvalue weighted by atomic mass is 9.74. The van der Waals surface area contributed by atoms with E-state index in [4.69, 9.17) is 31.6 Å². The Kier molecular flexibility index (Phi) is 6.17. The van der Waals surface area contributed by atoms with Gasteiger partial charge in [-0.25, -0.2) is 0 Å². The van der Waals surface area contributed by atoms with Gasteiger partial charge in [-0.2, -0.15) is 4.98 Å². The molecule has 142 valence electrons. The summed E-state index contributed by atoms with van der Waals surface area (Å²) in [6.07, 6.45) is 1.56. The van der Waals surface area contributed by atoms with E-state index >= 15 is 0 Å². The third kappa shape index (κ3) is 3.87. The zero-order valence-electron chi connectivity index (χ0n) is 14.7. The van der Waals surface area contributed by atoms with Crippen molar-refractivity contribution in [1.29, 1.82) is 0 Å². The molecule has 1 aliphatic heterocycles. The number of aromatic nitrogens is 2. The van der Waals surface area contributed by atoms with Gasteiger partial charge in [-0.3, -0.25) is 0 Å². The summed E-state index contributed by atoms with van der Waals surface area (Å²) in [5.41, 5.74) is 8.35. The summed E-state index contributed by atoms with van der Waals surface area (Å²) in [6, 6.07) is 15.8. The van der Waals surface area contributed by atoms with Gasteiger partial charge in [0.2, 0.25) is 11.7 Å². The number of ether oxygens (including phenoxy) is 1. The molecule has 0 amide bonds. The van der Waals surface area contributed by atoms with Crippen LogP contribution in [-0.2, 0) is 16.7 Å². The lowest BCUT2D eigenvalue weighted by Crippen LogP contribution is -2.35. The van der Waals surface area contributed by atoms with Crippen LogP contribution in [0.4, 0.5) is 0 Å². The minimum absolute atomic E-state index is 0. The Morgan fingerprint density at radius 1 is 1.07 bits per heavy atom. The first-order valence-electron chi connectivity index (χ1n) is 8.69. The number of nitrogens with zero attached hydrogens (tertiary/aromatic N) is 2. The van der Waals surface area contributed by atoms with Crippen molar-refractivity contribution in [2.75, 3.05) is 13.2 Å². The second kappa shape index (κ2) is 8.40. The summed E-state index contributed by atoms with van der Waals surface area (Å²) in [6.45, 7) is 1.81. The van der Waals surface area contributed by atoms with Crippen LogP contribution in [0.25, 0.3) is 11.4 Å². The van der Waals surface area contributed by atoms with E-state index in [-0.39, 0.29) is 17.8 Å². The first-order valence-corrected chi connectivity index (χ1v) is 9.06.